The highest BCUT2D eigenvalue weighted by molar-refractivity contribution is 5.49. The zero-order valence-corrected chi connectivity index (χ0v) is 25.2. The van der Waals surface area contributed by atoms with Gasteiger partial charge in [-0.1, -0.05) is 107 Å². The standard InChI is InChI=1S/C38H48N2/c1-6-8-10-37(35-22-20-33(39)24-26(35)3)31-16-12-29(13-17-31)28(5)30-14-18-32(19-15-30)38(11-9-7-2)36-23-21-34(40)25-27(36)4/h12-25,28,37-38H,6-11,39-40H2,1-5H3. The number of benzene rings is 4. The number of hydrogen-bond acceptors (Lipinski definition) is 2. The van der Waals surface area contributed by atoms with Crippen molar-refractivity contribution in [3.63, 3.8) is 0 Å². The van der Waals surface area contributed by atoms with Crippen LogP contribution in [0.3, 0.4) is 0 Å². The molecule has 0 fully saturated rings. The van der Waals surface area contributed by atoms with Crippen LogP contribution < -0.4 is 11.5 Å². The molecule has 210 valence electrons. The highest BCUT2D eigenvalue weighted by Gasteiger charge is 2.19. The Morgan fingerprint density at radius 1 is 0.525 bits per heavy atom. The fourth-order valence-corrected chi connectivity index (χ4v) is 6.23. The van der Waals surface area contributed by atoms with E-state index in [4.69, 9.17) is 11.5 Å². The van der Waals surface area contributed by atoms with E-state index in [1.54, 1.807) is 0 Å². The van der Waals surface area contributed by atoms with E-state index in [2.05, 4.69) is 107 Å². The van der Waals surface area contributed by atoms with Crippen LogP contribution in [0, 0.1) is 13.8 Å². The van der Waals surface area contributed by atoms with Crippen LogP contribution in [-0.4, -0.2) is 0 Å². The molecule has 2 atom stereocenters. The van der Waals surface area contributed by atoms with Crippen molar-refractivity contribution in [3.05, 3.63) is 129 Å². The van der Waals surface area contributed by atoms with E-state index in [9.17, 15) is 0 Å². The van der Waals surface area contributed by atoms with Gasteiger partial charge >= 0.3 is 0 Å². The van der Waals surface area contributed by atoms with Crippen LogP contribution in [0.25, 0.3) is 0 Å². The number of hydrogen-bond donors (Lipinski definition) is 2. The summed E-state index contributed by atoms with van der Waals surface area (Å²) in [4.78, 5) is 0. The second-order valence-electron chi connectivity index (χ2n) is 11.7. The molecule has 0 aliphatic carbocycles. The van der Waals surface area contributed by atoms with E-state index in [1.165, 1.54) is 70.2 Å². The second kappa shape index (κ2) is 13.7. The Labute approximate surface area is 242 Å². The summed E-state index contributed by atoms with van der Waals surface area (Å²) in [7, 11) is 0. The van der Waals surface area contributed by atoms with Gasteiger partial charge < -0.3 is 11.5 Å². The predicted octanol–water partition coefficient (Wildman–Crippen LogP) is 10.3. The first-order chi connectivity index (χ1) is 19.3. The van der Waals surface area contributed by atoms with Gasteiger partial charge in [-0.05, 0) is 95.5 Å². The van der Waals surface area contributed by atoms with Gasteiger partial charge in [0.05, 0.1) is 0 Å². The molecule has 0 amide bonds. The molecule has 0 radical (unpaired) electrons. The normalized spacial score (nSPS) is 13.6. The van der Waals surface area contributed by atoms with Crippen molar-refractivity contribution in [1.82, 2.24) is 0 Å². The topological polar surface area (TPSA) is 52.0 Å². The highest BCUT2D eigenvalue weighted by Crippen LogP contribution is 2.36. The van der Waals surface area contributed by atoms with Gasteiger partial charge in [0.1, 0.15) is 0 Å². The summed E-state index contributed by atoms with van der Waals surface area (Å²) in [5, 5.41) is 0. The molecule has 2 unspecified atom stereocenters. The van der Waals surface area contributed by atoms with E-state index >= 15 is 0 Å². The van der Waals surface area contributed by atoms with Crippen LogP contribution in [0.5, 0.6) is 0 Å². The molecule has 4 rings (SSSR count). The lowest BCUT2D eigenvalue weighted by atomic mass is 9.82. The van der Waals surface area contributed by atoms with Gasteiger partial charge in [-0.25, -0.2) is 0 Å². The molecule has 2 heteroatoms. The number of nitrogen functional groups attached to an aromatic ring is 2. The van der Waals surface area contributed by atoms with Crippen LogP contribution in [0.15, 0.2) is 84.9 Å². The van der Waals surface area contributed by atoms with Gasteiger partial charge in [0, 0.05) is 29.1 Å². The molecule has 0 spiro atoms. The number of aryl methyl sites for hydroxylation is 2. The van der Waals surface area contributed by atoms with Crippen molar-refractivity contribution in [2.75, 3.05) is 11.5 Å². The lowest BCUT2D eigenvalue weighted by molar-refractivity contribution is 0.647. The molecule has 0 heterocycles. The molecular weight excluding hydrogens is 484 g/mol. The molecule has 0 bridgehead atoms. The minimum absolute atomic E-state index is 0.336. The Hall–Kier alpha value is -3.52. The van der Waals surface area contributed by atoms with Gasteiger partial charge in [-0.2, -0.15) is 0 Å². The average molecular weight is 533 g/mol. The quantitative estimate of drug-likeness (QED) is 0.178. The zero-order valence-electron chi connectivity index (χ0n) is 25.2. The summed E-state index contributed by atoms with van der Waals surface area (Å²) >= 11 is 0. The Morgan fingerprint density at radius 3 is 1.20 bits per heavy atom. The molecular formula is C38H48N2. The van der Waals surface area contributed by atoms with Crippen LogP contribution in [0.1, 0.15) is 122 Å². The van der Waals surface area contributed by atoms with Crippen molar-refractivity contribution in [2.45, 2.75) is 90.9 Å². The summed E-state index contributed by atoms with van der Waals surface area (Å²) in [6, 6.07) is 31.5. The van der Waals surface area contributed by atoms with Gasteiger partial charge in [-0.3, -0.25) is 0 Å². The van der Waals surface area contributed by atoms with Crippen molar-refractivity contribution in [1.29, 1.82) is 0 Å². The SMILES string of the molecule is CCCCC(c1ccc(C(C)c2ccc(C(CCCC)c3ccc(N)cc3C)cc2)cc1)c1ccc(N)cc1C. The fourth-order valence-electron chi connectivity index (χ4n) is 6.23. The third-order valence-corrected chi connectivity index (χ3v) is 8.71. The van der Waals surface area contributed by atoms with Crippen molar-refractivity contribution in [3.8, 4) is 0 Å². The second-order valence-corrected chi connectivity index (χ2v) is 11.7. The first kappa shape index (κ1) is 29.5. The molecule has 40 heavy (non-hydrogen) atoms. The Morgan fingerprint density at radius 2 is 0.875 bits per heavy atom. The number of nitrogens with two attached hydrogens (primary N) is 2. The third kappa shape index (κ3) is 6.97. The molecule has 0 saturated carbocycles. The molecule has 4 aromatic rings. The van der Waals surface area contributed by atoms with Gasteiger partial charge in [0.2, 0.25) is 0 Å². The monoisotopic (exact) mass is 532 g/mol. The number of unbranched alkanes of at least 4 members (excludes halogenated alkanes) is 2. The highest BCUT2D eigenvalue weighted by atomic mass is 14.5. The number of rotatable bonds is 12. The molecule has 0 saturated heterocycles. The van der Waals surface area contributed by atoms with E-state index in [0.717, 1.165) is 24.2 Å². The Bertz CT molecular complexity index is 1260. The summed E-state index contributed by atoms with van der Waals surface area (Å²) in [5.41, 5.74) is 24.7. The zero-order chi connectivity index (χ0) is 28.6. The lowest BCUT2D eigenvalue weighted by Gasteiger charge is -2.22. The average Bonchev–Trinajstić information content (AvgIpc) is 2.95. The largest absolute Gasteiger partial charge is 0.399 e. The molecule has 0 aromatic heterocycles. The maximum Gasteiger partial charge on any atom is 0.0316 e. The first-order valence-corrected chi connectivity index (χ1v) is 15.2. The van der Waals surface area contributed by atoms with Crippen LogP contribution in [0.2, 0.25) is 0 Å². The van der Waals surface area contributed by atoms with Crippen LogP contribution >= 0.6 is 0 Å². The molecule has 2 nitrogen and oxygen atoms in total. The lowest BCUT2D eigenvalue weighted by Crippen LogP contribution is -2.06. The summed E-state index contributed by atoms with van der Waals surface area (Å²) in [6.45, 7) is 11.2. The molecule has 0 aliphatic rings. The Kier molecular flexibility index (Phi) is 10.1. The summed E-state index contributed by atoms with van der Waals surface area (Å²) < 4.78 is 0. The van der Waals surface area contributed by atoms with E-state index in [0.29, 0.717) is 17.8 Å². The van der Waals surface area contributed by atoms with Crippen LogP contribution in [0.4, 0.5) is 11.4 Å². The van der Waals surface area contributed by atoms with E-state index in [1.807, 2.05) is 12.1 Å². The fraction of sp³-hybridized carbons (Fsp3) is 0.368. The van der Waals surface area contributed by atoms with Crippen LogP contribution in [-0.2, 0) is 0 Å². The van der Waals surface area contributed by atoms with Gasteiger partial charge in [0.15, 0.2) is 0 Å². The minimum atomic E-state index is 0.336. The van der Waals surface area contributed by atoms with Gasteiger partial charge in [0.25, 0.3) is 0 Å². The summed E-state index contributed by atoms with van der Waals surface area (Å²) in [5.74, 6) is 1.14. The minimum Gasteiger partial charge on any atom is -0.399 e. The van der Waals surface area contributed by atoms with Gasteiger partial charge in [-0.15, -0.1) is 0 Å². The summed E-state index contributed by atoms with van der Waals surface area (Å²) in [6.07, 6.45) is 7.15. The maximum absolute atomic E-state index is 6.06. The van der Waals surface area contributed by atoms with Crippen molar-refractivity contribution in [2.24, 2.45) is 0 Å². The smallest absolute Gasteiger partial charge is 0.0316 e. The first-order valence-electron chi connectivity index (χ1n) is 15.2. The Balaban J connectivity index is 1.56. The molecule has 4 N–H and O–H groups in total. The molecule has 4 aromatic carbocycles. The predicted molar refractivity (Wildman–Crippen MR) is 174 cm³/mol. The molecule has 0 aliphatic heterocycles. The number of anilines is 2. The van der Waals surface area contributed by atoms with E-state index < -0.39 is 0 Å². The maximum atomic E-state index is 6.06. The van der Waals surface area contributed by atoms with Crippen molar-refractivity contribution >= 4 is 11.4 Å². The van der Waals surface area contributed by atoms with Crippen molar-refractivity contribution < 1.29 is 0 Å². The third-order valence-electron chi connectivity index (χ3n) is 8.71. The van der Waals surface area contributed by atoms with E-state index in [-0.39, 0.29) is 0 Å².